The smallest absolute Gasteiger partial charge is 0.0711 e. The maximum atomic E-state index is 4.91. The van der Waals surface area contributed by atoms with Crippen LogP contribution in [-0.4, -0.2) is 31.2 Å². The van der Waals surface area contributed by atoms with Gasteiger partial charge in [0, 0.05) is 48.5 Å². The molecule has 0 N–H and O–H groups in total. The van der Waals surface area contributed by atoms with Crippen LogP contribution in [0.5, 0.6) is 0 Å². The van der Waals surface area contributed by atoms with E-state index in [2.05, 4.69) is 86.0 Å². The average molecular weight is 348 g/mol. The van der Waals surface area contributed by atoms with E-state index in [-0.39, 0.29) is 0 Å². The molecule has 0 atom stereocenters. The lowest BCUT2D eigenvalue weighted by Gasteiger charge is -2.27. The molecule has 2 aromatic carbocycles. The van der Waals surface area contributed by atoms with Crippen LogP contribution in [0.15, 0.2) is 54.6 Å². The predicted molar refractivity (Wildman–Crippen MR) is 114 cm³/mol. The first-order valence-electron chi connectivity index (χ1n) is 9.71. The summed E-state index contributed by atoms with van der Waals surface area (Å²) >= 11 is 0. The number of anilines is 2. The Morgan fingerprint density at radius 3 is 1.85 bits per heavy atom. The molecule has 0 unspecified atom stereocenters. The second kappa shape index (κ2) is 8.22. The van der Waals surface area contributed by atoms with Gasteiger partial charge in [-0.15, -0.1) is 0 Å². The highest BCUT2D eigenvalue weighted by Gasteiger charge is 2.12. The van der Waals surface area contributed by atoms with Crippen molar-refractivity contribution in [2.75, 3.05) is 36.0 Å². The Morgan fingerprint density at radius 1 is 0.692 bits per heavy atom. The second-order valence-electron chi connectivity index (χ2n) is 6.47. The van der Waals surface area contributed by atoms with Crippen molar-refractivity contribution in [2.45, 2.75) is 27.7 Å². The van der Waals surface area contributed by atoms with Crippen LogP contribution in [-0.2, 0) is 0 Å². The van der Waals surface area contributed by atoms with Gasteiger partial charge >= 0.3 is 0 Å². The van der Waals surface area contributed by atoms with E-state index in [0.29, 0.717) is 0 Å². The molecule has 3 heteroatoms. The van der Waals surface area contributed by atoms with Gasteiger partial charge in [-0.05, 0) is 58.0 Å². The Labute approximate surface area is 157 Å². The maximum Gasteiger partial charge on any atom is 0.0711 e. The van der Waals surface area contributed by atoms with Crippen LogP contribution in [0.4, 0.5) is 11.4 Å². The molecule has 0 spiro atoms. The lowest BCUT2D eigenvalue weighted by molar-refractivity contribution is 0.852. The summed E-state index contributed by atoms with van der Waals surface area (Å²) in [7, 11) is 0. The number of aromatic nitrogens is 1. The molecule has 0 bridgehead atoms. The number of fused-ring (bicyclic) bond motifs is 1. The summed E-state index contributed by atoms with van der Waals surface area (Å²) in [5.41, 5.74) is 5.80. The Balaban J connectivity index is 2.14. The van der Waals surface area contributed by atoms with Gasteiger partial charge in [0.05, 0.1) is 11.2 Å². The molecule has 3 nitrogen and oxygen atoms in total. The van der Waals surface area contributed by atoms with Gasteiger partial charge in [0.25, 0.3) is 0 Å². The minimum atomic E-state index is 1.00. The van der Waals surface area contributed by atoms with Crippen molar-refractivity contribution in [2.24, 2.45) is 0 Å². The lowest BCUT2D eigenvalue weighted by atomic mass is 10.1. The van der Waals surface area contributed by atoms with Crippen molar-refractivity contribution >= 4 is 22.3 Å². The highest BCUT2D eigenvalue weighted by molar-refractivity contribution is 5.83. The lowest BCUT2D eigenvalue weighted by Crippen LogP contribution is -2.24. The van der Waals surface area contributed by atoms with Gasteiger partial charge in [-0.1, -0.05) is 24.3 Å². The first-order valence-corrected chi connectivity index (χ1v) is 9.71. The highest BCUT2D eigenvalue weighted by Crippen LogP contribution is 2.31. The molecule has 0 radical (unpaired) electrons. The minimum absolute atomic E-state index is 1.00. The number of hydrogen-bond acceptors (Lipinski definition) is 3. The third kappa shape index (κ3) is 3.67. The quantitative estimate of drug-likeness (QED) is 0.555. The molecule has 0 aliphatic rings. The maximum absolute atomic E-state index is 4.91. The zero-order valence-corrected chi connectivity index (χ0v) is 16.4. The third-order valence-corrected chi connectivity index (χ3v) is 5.05. The molecular formula is C23H29N3. The molecule has 1 heterocycles. The van der Waals surface area contributed by atoms with Gasteiger partial charge < -0.3 is 9.80 Å². The molecule has 0 aliphatic carbocycles. The van der Waals surface area contributed by atoms with Crippen LogP contribution in [0.25, 0.3) is 22.2 Å². The van der Waals surface area contributed by atoms with Crippen molar-refractivity contribution in [1.29, 1.82) is 0 Å². The van der Waals surface area contributed by atoms with E-state index in [1.54, 1.807) is 0 Å². The van der Waals surface area contributed by atoms with Crippen LogP contribution in [0.1, 0.15) is 27.7 Å². The van der Waals surface area contributed by atoms with E-state index >= 15 is 0 Å². The molecule has 1 aromatic heterocycles. The van der Waals surface area contributed by atoms with Crippen LogP contribution in [0.3, 0.4) is 0 Å². The molecule has 0 aliphatic heterocycles. The first-order chi connectivity index (χ1) is 12.7. The normalized spacial score (nSPS) is 10.9. The van der Waals surface area contributed by atoms with Crippen LogP contribution in [0, 0.1) is 0 Å². The third-order valence-electron chi connectivity index (χ3n) is 5.05. The Morgan fingerprint density at radius 2 is 1.27 bits per heavy atom. The van der Waals surface area contributed by atoms with Crippen molar-refractivity contribution in [1.82, 2.24) is 4.98 Å². The van der Waals surface area contributed by atoms with E-state index in [9.17, 15) is 0 Å². The van der Waals surface area contributed by atoms with Crippen molar-refractivity contribution in [3.63, 3.8) is 0 Å². The summed E-state index contributed by atoms with van der Waals surface area (Å²) < 4.78 is 0. The van der Waals surface area contributed by atoms with Crippen LogP contribution in [0.2, 0.25) is 0 Å². The Kier molecular flexibility index (Phi) is 5.77. The largest absolute Gasteiger partial charge is 0.372 e. The number of hydrogen-bond donors (Lipinski definition) is 0. The minimum Gasteiger partial charge on any atom is -0.372 e. The van der Waals surface area contributed by atoms with Gasteiger partial charge in [-0.2, -0.15) is 0 Å². The zero-order valence-electron chi connectivity index (χ0n) is 16.4. The molecule has 3 rings (SSSR count). The fraction of sp³-hybridized carbons (Fsp3) is 0.348. The summed E-state index contributed by atoms with van der Waals surface area (Å²) in [4.78, 5) is 9.71. The summed E-state index contributed by atoms with van der Waals surface area (Å²) in [5.74, 6) is 0. The molecule has 26 heavy (non-hydrogen) atoms. The topological polar surface area (TPSA) is 19.4 Å². The number of pyridine rings is 1. The van der Waals surface area contributed by atoms with E-state index < -0.39 is 0 Å². The molecule has 0 saturated carbocycles. The van der Waals surface area contributed by atoms with E-state index in [1.165, 1.54) is 22.3 Å². The molecule has 0 saturated heterocycles. The average Bonchev–Trinajstić information content (AvgIpc) is 2.69. The fourth-order valence-corrected chi connectivity index (χ4v) is 3.51. The van der Waals surface area contributed by atoms with Crippen LogP contribution < -0.4 is 9.80 Å². The van der Waals surface area contributed by atoms with Gasteiger partial charge in [0.2, 0.25) is 0 Å². The van der Waals surface area contributed by atoms with Gasteiger partial charge in [0.1, 0.15) is 0 Å². The summed E-state index contributed by atoms with van der Waals surface area (Å²) in [6.07, 6.45) is 0. The van der Waals surface area contributed by atoms with E-state index in [4.69, 9.17) is 4.98 Å². The summed E-state index contributed by atoms with van der Waals surface area (Å²) in [5, 5.41) is 1.18. The SMILES string of the molecule is CCN(CC)c1cc(-c2ccc3ccccc3n2)cc(N(CC)CC)c1. The number of nitrogens with zero attached hydrogens (tertiary/aromatic N) is 3. The van der Waals surface area contributed by atoms with Crippen molar-refractivity contribution in [3.8, 4) is 11.3 Å². The fourth-order valence-electron chi connectivity index (χ4n) is 3.51. The summed E-state index contributed by atoms with van der Waals surface area (Å²) in [6, 6.07) is 19.5. The second-order valence-corrected chi connectivity index (χ2v) is 6.47. The monoisotopic (exact) mass is 347 g/mol. The first kappa shape index (κ1) is 18.2. The highest BCUT2D eigenvalue weighted by atomic mass is 15.1. The molecule has 136 valence electrons. The Bertz CT molecular complexity index is 834. The van der Waals surface area contributed by atoms with Gasteiger partial charge in [-0.3, -0.25) is 0 Å². The number of benzene rings is 2. The molecule has 0 fully saturated rings. The van der Waals surface area contributed by atoms with E-state index in [0.717, 1.165) is 37.4 Å². The van der Waals surface area contributed by atoms with Gasteiger partial charge in [0.15, 0.2) is 0 Å². The molecule has 3 aromatic rings. The molecular weight excluding hydrogens is 318 g/mol. The predicted octanol–water partition coefficient (Wildman–Crippen LogP) is 5.59. The molecule has 0 amide bonds. The van der Waals surface area contributed by atoms with Crippen LogP contribution >= 0.6 is 0 Å². The van der Waals surface area contributed by atoms with Crippen molar-refractivity contribution < 1.29 is 0 Å². The zero-order chi connectivity index (χ0) is 18.5. The number of rotatable bonds is 7. The Hall–Kier alpha value is -2.55. The van der Waals surface area contributed by atoms with E-state index in [1.807, 2.05) is 6.07 Å². The number of para-hydroxylation sites is 1. The van der Waals surface area contributed by atoms with Crippen molar-refractivity contribution in [3.05, 3.63) is 54.6 Å². The van der Waals surface area contributed by atoms with Gasteiger partial charge in [-0.25, -0.2) is 4.98 Å². The summed E-state index contributed by atoms with van der Waals surface area (Å²) in [6.45, 7) is 12.9. The standard InChI is InChI=1S/C23H29N3/c1-5-25(6-2)20-15-19(16-21(17-20)26(7-3)8-4)23-14-13-18-11-9-10-12-22(18)24-23/h9-17H,5-8H2,1-4H3.